The maximum Gasteiger partial charge on any atom is 0.258 e. The molecule has 0 atom stereocenters. The van der Waals surface area contributed by atoms with E-state index in [-0.39, 0.29) is 18.1 Å². The Balaban J connectivity index is 2.09. The van der Waals surface area contributed by atoms with Crippen LogP contribution in [0, 0.1) is 11.8 Å². The molecule has 110 valence electrons. The monoisotopic (exact) mass is 295 g/mol. The van der Waals surface area contributed by atoms with Gasteiger partial charge in [-0.15, -0.1) is 0 Å². The summed E-state index contributed by atoms with van der Waals surface area (Å²) in [7, 11) is 1.48. The highest BCUT2D eigenvalue weighted by molar-refractivity contribution is 6.04. The Hall–Kier alpha value is -2.84. The molecule has 2 aromatic rings. The summed E-state index contributed by atoms with van der Waals surface area (Å²) in [5.74, 6) is -3.78. The fourth-order valence-corrected chi connectivity index (χ4v) is 1.53. The van der Waals surface area contributed by atoms with Gasteiger partial charge < -0.3 is 10.6 Å². The topological polar surface area (TPSA) is 88.9 Å². The Morgan fingerprint density at radius 2 is 2.14 bits per heavy atom. The van der Waals surface area contributed by atoms with E-state index in [4.69, 9.17) is 0 Å². The van der Waals surface area contributed by atoms with Gasteiger partial charge >= 0.3 is 0 Å². The number of nitrogens with one attached hydrogen (secondary N) is 2. The molecule has 2 heterocycles. The van der Waals surface area contributed by atoms with Crippen LogP contribution in [0.1, 0.15) is 10.4 Å². The number of anilines is 1. The third kappa shape index (κ3) is 3.38. The molecule has 2 amide bonds. The molecule has 0 unspecified atom stereocenters. The van der Waals surface area contributed by atoms with Crippen LogP contribution in [0.15, 0.2) is 24.7 Å². The average Bonchev–Trinajstić information content (AvgIpc) is 2.88. The predicted molar refractivity (Wildman–Crippen MR) is 68.4 cm³/mol. The second-order valence-corrected chi connectivity index (χ2v) is 4.02. The molecule has 0 spiro atoms. The van der Waals surface area contributed by atoms with Gasteiger partial charge in [-0.2, -0.15) is 9.49 Å². The zero-order chi connectivity index (χ0) is 15.4. The van der Waals surface area contributed by atoms with Crippen molar-refractivity contribution >= 4 is 17.5 Å². The van der Waals surface area contributed by atoms with E-state index < -0.39 is 23.2 Å². The lowest BCUT2D eigenvalue weighted by atomic mass is 10.2. The van der Waals surface area contributed by atoms with Gasteiger partial charge in [0.2, 0.25) is 11.9 Å². The van der Waals surface area contributed by atoms with Gasteiger partial charge in [0.05, 0.1) is 17.4 Å². The summed E-state index contributed by atoms with van der Waals surface area (Å²) >= 11 is 0. The van der Waals surface area contributed by atoms with Gasteiger partial charge in [0.25, 0.3) is 5.91 Å². The third-order valence-electron chi connectivity index (χ3n) is 2.57. The second kappa shape index (κ2) is 6.07. The molecule has 0 radical (unpaired) electrons. The minimum atomic E-state index is -1.35. The van der Waals surface area contributed by atoms with Crippen LogP contribution in [-0.4, -0.2) is 33.6 Å². The van der Waals surface area contributed by atoms with Crippen LogP contribution >= 0.6 is 0 Å². The van der Waals surface area contributed by atoms with Crippen LogP contribution in [0.3, 0.4) is 0 Å². The summed E-state index contributed by atoms with van der Waals surface area (Å²) in [5, 5.41) is 8.62. The fourth-order valence-electron chi connectivity index (χ4n) is 1.53. The van der Waals surface area contributed by atoms with Gasteiger partial charge in [-0.3, -0.25) is 14.3 Å². The minimum Gasteiger partial charge on any atom is -0.358 e. The number of hydrogen-bond acceptors (Lipinski definition) is 4. The molecule has 2 N–H and O–H groups in total. The number of rotatable bonds is 4. The lowest BCUT2D eigenvalue weighted by Crippen LogP contribution is -2.23. The van der Waals surface area contributed by atoms with E-state index >= 15 is 0 Å². The number of halogens is 2. The van der Waals surface area contributed by atoms with Crippen molar-refractivity contribution in [3.63, 3.8) is 0 Å². The van der Waals surface area contributed by atoms with Gasteiger partial charge in [0.15, 0.2) is 5.82 Å². The zero-order valence-corrected chi connectivity index (χ0v) is 10.9. The Labute approximate surface area is 118 Å². The molecule has 0 aromatic carbocycles. The van der Waals surface area contributed by atoms with Crippen molar-refractivity contribution in [2.24, 2.45) is 0 Å². The smallest absolute Gasteiger partial charge is 0.258 e. The number of hydrogen-bond donors (Lipinski definition) is 2. The molecule has 0 saturated carbocycles. The molecule has 0 bridgehead atoms. The van der Waals surface area contributed by atoms with E-state index in [0.29, 0.717) is 0 Å². The Bertz CT molecular complexity index is 686. The first kappa shape index (κ1) is 14.6. The minimum absolute atomic E-state index is 0.0232. The molecular formula is C12H11F2N5O2. The number of carbonyl (C=O) groups is 2. The van der Waals surface area contributed by atoms with Gasteiger partial charge in [0.1, 0.15) is 6.54 Å². The van der Waals surface area contributed by atoms with Gasteiger partial charge in [-0.1, -0.05) is 0 Å². The van der Waals surface area contributed by atoms with E-state index in [9.17, 15) is 18.4 Å². The lowest BCUT2D eigenvalue weighted by molar-refractivity contribution is -0.121. The molecule has 21 heavy (non-hydrogen) atoms. The van der Waals surface area contributed by atoms with Crippen LogP contribution in [0.2, 0.25) is 0 Å². The van der Waals surface area contributed by atoms with E-state index in [1.54, 1.807) is 0 Å². The standard InChI is InChI=1S/C12H11F2N5O2/c1-15-9(20)6-19-5-7(4-17-19)18-12(21)8-2-3-16-11(14)10(8)13/h2-5H,6H2,1H3,(H,15,20)(H,18,21). The number of amides is 2. The van der Waals surface area contributed by atoms with Crippen molar-refractivity contribution in [1.29, 1.82) is 0 Å². The Morgan fingerprint density at radius 3 is 2.86 bits per heavy atom. The zero-order valence-electron chi connectivity index (χ0n) is 10.9. The maximum atomic E-state index is 13.4. The second-order valence-electron chi connectivity index (χ2n) is 4.02. The summed E-state index contributed by atoms with van der Waals surface area (Å²) in [6.45, 7) is -0.0232. The molecule has 9 heteroatoms. The van der Waals surface area contributed by atoms with Crippen LogP contribution in [0.5, 0.6) is 0 Å². The quantitative estimate of drug-likeness (QED) is 0.806. The summed E-state index contributed by atoms with van der Waals surface area (Å²) in [5.41, 5.74) is -0.220. The summed E-state index contributed by atoms with van der Waals surface area (Å²) in [4.78, 5) is 26.1. The predicted octanol–water partition coefficient (Wildman–Crippen LogP) is 0.555. The van der Waals surface area contributed by atoms with Crippen LogP contribution in [-0.2, 0) is 11.3 Å². The highest BCUT2D eigenvalue weighted by Gasteiger charge is 2.16. The van der Waals surface area contributed by atoms with Crippen molar-refractivity contribution in [3.8, 4) is 0 Å². The van der Waals surface area contributed by atoms with E-state index in [0.717, 1.165) is 12.3 Å². The molecule has 0 aliphatic rings. The largest absolute Gasteiger partial charge is 0.358 e. The van der Waals surface area contributed by atoms with Crippen LogP contribution < -0.4 is 10.6 Å². The maximum absolute atomic E-state index is 13.4. The number of likely N-dealkylation sites (N-methyl/N-ethyl adjacent to an activating group) is 1. The number of pyridine rings is 1. The molecule has 0 fully saturated rings. The van der Waals surface area contributed by atoms with Crippen LogP contribution in [0.4, 0.5) is 14.5 Å². The first-order chi connectivity index (χ1) is 10.0. The van der Waals surface area contributed by atoms with Gasteiger partial charge in [-0.25, -0.2) is 9.37 Å². The first-order valence-corrected chi connectivity index (χ1v) is 5.85. The number of nitrogens with zero attached hydrogens (tertiary/aromatic N) is 3. The van der Waals surface area contributed by atoms with E-state index in [1.165, 1.54) is 24.1 Å². The van der Waals surface area contributed by atoms with Gasteiger partial charge in [0, 0.05) is 19.4 Å². The number of carbonyl (C=O) groups excluding carboxylic acids is 2. The molecule has 2 rings (SSSR count). The first-order valence-electron chi connectivity index (χ1n) is 5.85. The molecular weight excluding hydrogens is 284 g/mol. The molecule has 0 aliphatic carbocycles. The van der Waals surface area contributed by atoms with E-state index in [2.05, 4.69) is 20.7 Å². The Morgan fingerprint density at radius 1 is 1.38 bits per heavy atom. The third-order valence-corrected chi connectivity index (χ3v) is 2.57. The SMILES string of the molecule is CNC(=O)Cn1cc(NC(=O)c2ccnc(F)c2F)cn1. The lowest BCUT2D eigenvalue weighted by Gasteiger charge is -2.03. The van der Waals surface area contributed by atoms with Crippen LogP contribution in [0.25, 0.3) is 0 Å². The van der Waals surface area contributed by atoms with E-state index in [1.807, 2.05) is 0 Å². The molecule has 0 saturated heterocycles. The normalized spacial score (nSPS) is 10.2. The van der Waals surface area contributed by atoms with Crippen molar-refractivity contribution < 1.29 is 18.4 Å². The fraction of sp³-hybridized carbons (Fsp3) is 0.167. The summed E-state index contributed by atoms with van der Waals surface area (Å²) < 4.78 is 27.6. The van der Waals surface area contributed by atoms with Crippen molar-refractivity contribution in [3.05, 3.63) is 42.0 Å². The van der Waals surface area contributed by atoms with Crippen molar-refractivity contribution in [1.82, 2.24) is 20.1 Å². The molecule has 7 nitrogen and oxygen atoms in total. The summed E-state index contributed by atoms with van der Waals surface area (Å²) in [6, 6.07) is 1.06. The molecule has 0 aliphatic heterocycles. The molecule has 2 aromatic heterocycles. The number of aromatic nitrogens is 3. The van der Waals surface area contributed by atoms with Crippen molar-refractivity contribution in [2.45, 2.75) is 6.54 Å². The highest BCUT2D eigenvalue weighted by Crippen LogP contribution is 2.12. The van der Waals surface area contributed by atoms with Crippen molar-refractivity contribution in [2.75, 3.05) is 12.4 Å². The summed E-state index contributed by atoms with van der Waals surface area (Å²) in [6.07, 6.45) is 3.67. The average molecular weight is 295 g/mol. The highest BCUT2D eigenvalue weighted by atomic mass is 19.2. The Kier molecular flexibility index (Phi) is 4.21. The van der Waals surface area contributed by atoms with Gasteiger partial charge in [-0.05, 0) is 6.07 Å².